The van der Waals surface area contributed by atoms with E-state index in [0.29, 0.717) is 17.9 Å². The number of hydrogen-bond acceptors (Lipinski definition) is 5. The molecule has 0 fully saturated rings. The molecule has 0 bridgehead atoms. The SMILES string of the molecule is COc1ccc(CCn2c(O)cc(=O)[nH]c2=O)cc1OC. The first-order chi connectivity index (χ1) is 10.0. The van der Waals surface area contributed by atoms with Crippen molar-refractivity contribution in [1.82, 2.24) is 9.55 Å². The van der Waals surface area contributed by atoms with Crippen molar-refractivity contribution in [2.24, 2.45) is 0 Å². The normalized spacial score (nSPS) is 10.4. The Bertz CT molecular complexity index is 748. The molecule has 1 heterocycles. The zero-order chi connectivity index (χ0) is 15.4. The standard InChI is InChI=1S/C14H16N2O5/c1-20-10-4-3-9(7-11(10)21-2)5-6-16-13(18)8-12(17)15-14(16)19/h3-4,7-8,18H,5-6H2,1-2H3,(H,15,17,19). The van der Waals surface area contributed by atoms with Crippen LogP contribution in [0.5, 0.6) is 17.4 Å². The molecule has 2 N–H and O–H groups in total. The van der Waals surface area contributed by atoms with Crippen molar-refractivity contribution >= 4 is 0 Å². The predicted molar refractivity (Wildman–Crippen MR) is 76.2 cm³/mol. The third kappa shape index (κ3) is 3.25. The van der Waals surface area contributed by atoms with Crippen molar-refractivity contribution in [2.75, 3.05) is 14.2 Å². The summed E-state index contributed by atoms with van der Waals surface area (Å²) in [6.07, 6.45) is 0.486. The molecule has 2 rings (SSSR count). The second-order valence-electron chi connectivity index (χ2n) is 4.39. The molecule has 0 amide bonds. The minimum absolute atomic E-state index is 0.233. The number of nitrogens with one attached hydrogen (secondary N) is 1. The Hall–Kier alpha value is -2.70. The van der Waals surface area contributed by atoms with Gasteiger partial charge in [-0.05, 0) is 24.1 Å². The van der Waals surface area contributed by atoms with Crippen LogP contribution in [0.4, 0.5) is 0 Å². The minimum atomic E-state index is -0.638. The summed E-state index contributed by atoms with van der Waals surface area (Å²) >= 11 is 0. The summed E-state index contributed by atoms with van der Waals surface area (Å²) in [5, 5.41) is 9.63. The molecule has 0 unspecified atom stereocenters. The van der Waals surface area contributed by atoms with E-state index in [1.54, 1.807) is 26.4 Å². The molecule has 21 heavy (non-hydrogen) atoms. The number of nitrogens with zero attached hydrogens (tertiary/aromatic N) is 1. The van der Waals surface area contributed by atoms with E-state index in [9.17, 15) is 14.7 Å². The molecule has 0 atom stereocenters. The number of ether oxygens (including phenoxy) is 2. The molecule has 7 heteroatoms. The third-order valence-electron chi connectivity index (χ3n) is 3.08. The molecule has 0 aliphatic heterocycles. The Morgan fingerprint density at radius 2 is 1.86 bits per heavy atom. The molecular formula is C14H16N2O5. The fraction of sp³-hybridized carbons (Fsp3) is 0.286. The fourth-order valence-electron chi connectivity index (χ4n) is 2.00. The van der Waals surface area contributed by atoms with Crippen LogP contribution in [-0.4, -0.2) is 28.9 Å². The molecule has 1 aromatic carbocycles. The maximum atomic E-state index is 11.6. The van der Waals surface area contributed by atoms with Gasteiger partial charge >= 0.3 is 5.69 Å². The topological polar surface area (TPSA) is 93.5 Å². The molecule has 0 aliphatic rings. The van der Waals surface area contributed by atoms with Crippen LogP contribution >= 0.6 is 0 Å². The van der Waals surface area contributed by atoms with Crippen molar-refractivity contribution < 1.29 is 14.6 Å². The number of aryl methyl sites for hydroxylation is 1. The van der Waals surface area contributed by atoms with Crippen LogP contribution in [0.2, 0.25) is 0 Å². The third-order valence-corrected chi connectivity index (χ3v) is 3.08. The van der Waals surface area contributed by atoms with E-state index >= 15 is 0 Å². The van der Waals surface area contributed by atoms with Gasteiger partial charge in [0, 0.05) is 6.54 Å². The average Bonchev–Trinajstić information content (AvgIpc) is 2.45. The Morgan fingerprint density at radius 1 is 1.14 bits per heavy atom. The summed E-state index contributed by atoms with van der Waals surface area (Å²) in [4.78, 5) is 24.7. The van der Waals surface area contributed by atoms with E-state index in [1.165, 1.54) is 0 Å². The van der Waals surface area contributed by atoms with Gasteiger partial charge in [-0.1, -0.05) is 6.07 Å². The van der Waals surface area contributed by atoms with Gasteiger partial charge in [-0.3, -0.25) is 14.3 Å². The number of methoxy groups -OCH3 is 2. The van der Waals surface area contributed by atoms with Gasteiger partial charge in [0.25, 0.3) is 5.56 Å². The fourth-order valence-corrected chi connectivity index (χ4v) is 2.00. The largest absolute Gasteiger partial charge is 0.494 e. The number of aromatic amines is 1. The molecule has 112 valence electrons. The molecule has 0 spiro atoms. The second-order valence-corrected chi connectivity index (χ2v) is 4.39. The van der Waals surface area contributed by atoms with E-state index in [0.717, 1.165) is 16.2 Å². The molecule has 2 aromatic rings. The van der Waals surface area contributed by atoms with Gasteiger partial charge in [0.1, 0.15) is 0 Å². The number of H-pyrrole nitrogens is 1. The molecule has 1 aromatic heterocycles. The van der Waals surface area contributed by atoms with Crippen molar-refractivity contribution in [3.8, 4) is 17.4 Å². The number of benzene rings is 1. The second kappa shape index (κ2) is 6.17. The summed E-state index contributed by atoms with van der Waals surface area (Å²) in [7, 11) is 3.09. The number of aromatic hydroxyl groups is 1. The molecule has 0 aliphatic carbocycles. The molecule has 0 radical (unpaired) electrons. The predicted octanol–water partition coefficient (Wildman–Crippen LogP) is 0.502. The first-order valence-electron chi connectivity index (χ1n) is 6.29. The van der Waals surface area contributed by atoms with Gasteiger partial charge in [0.2, 0.25) is 5.88 Å². The van der Waals surface area contributed by atoms with Crippen LogP contribution < -0.4 is 20.7 Å². The molecule has 7 nitrogen and oxygen atoms in total. The van der Waals surface area contributed by atoms with Gasteiger partial charge in [-0.15, -0.1) is 0 Å². The van der Waals surface area contributed by atoms with E-state index in [2.05, 4.69) is 4.98 Å². The summed E-state index contributed by atoms with van der Waals surface area (Å²) in [5.41, 5.74) is -0.356. The number of hydrogen-bond donors (Lipinski definition) is 2. The van der Waals surface area contributed by atoms with Crippen LogP contribution in [0, 0.1) is 0 Å². The van der Waals surface area contributed by atoms with E-state index in [1.807, 2.05) is 6.07 Å². The number of rotatable bonds is 5. The monoisotopic (exact) mass is 292 g/mol. The summed E-state index contributed by atoms with van der Waals surface area (Å²) in [6.45, 7) is 0.233. The van der Waals surface area contributed by atoms with Crippen molar-refractivity contribution in [1.29, 1.82) is 0 Å². The van der Waals surface area contributed by atoms with Crippen LogP contribution in [0.3, 0.4) is 0 Å². The van der Waals surface area contributed by atoms with Crippen molar-refractivity contribution in [2.45, 2.75) is 13.0 Å². The maximum absolute atomic E-state index is 11.6. The van der Waals surface area contributed by atoms with Crippen LogP contribution in [-0.2, 0) is 13.0 Å². The lowest BCUT2D eigenvalue weighted by Gasteiger charge is -2.10. The summed E-state index contributed by atoms with van der Waals surface area (Å²) in [5.74, 6) is 0.850. The Labute approximate surface area is 120 Å². The first kappa shape index (κ1) is 14.7. The Balaban J connectivity index is 2.21. The molecule has 0 saturated heterocycles. The maximum Gasteiger partial charge on any atom is 0.331 e. The summed E-state index contributed by atoms with van der Waals surface area (Å²) < 4.78 is 11.4. The average molecular weight is 292 g/mol. The lowest BCUT2D eigenvalue weighted by atomic mass is 10.1. The van der Waals surface area contributed by atoms with Crippen LogP contribution in [0.1, 0.15) is 5.56 Å². The van der Waals surface area contributed by atoms with Crippen LogP contribution in [0.25, 0.3) is 0 Å². The van der Waals surface area contributed by atoms with Gasteiger partial charge in [-0.25, -0.2) is 4.79 Å². The summed E-state index contributed by atoms with van der Waals surface area (Å²) in [6, 6.07) is 6.38. The Kier molecular flexibility index (Phi) is 4.32. The van der Waals surface area contributed by atoms with E-state index in [-0.39, 0.29) is 12.4 Å². The lowest BCUT2D eigenvalue weighted by Crippen LogP contribution is -2.29. The number of aromatic nitrogens is 2. The zero-order valence-electron chi connectivity index (χ0n) is 11.8. The first-order valence-corrected chi connectivity index (χ1v) is 6.29. The van der Waals surface area contributed by atoms with Gasteiger partial charge < -0.3 is 14.6 Å². The zero-order valence-corrected chi connectivity index (χ0v) is 11.8. The van der Waals surface area contributed by atoms with Gasteiger partial charge in [-0.2, -0.15) is 0 Å². The highest BCUT2D eigenvalue weighted by molar-refractivity contribution is 5.42. The Morgan fingerprint density at radius 3 is 2.48 bits per heavy atom. The minimum Gasteiger partial charge on any atom is -0.494 e. The lowest BCUT2D eigenvalue weighted by molar-refractivity contribution is 0.354. The highest BCUT2D eigenvalue weighted by Crippen LogP contribution is 2.27. The van der Waals surface area contributed by atoms with E-state index < -0.39 is 11.2 Å². The van der Waals surface area contributed by atoms with Crippen LogP contribution in [0.15, 0.2) is 33.9 Å². The van der Waals surface area contributed by atoms with Crippen molar-refractivity contribution in [3.63, 3.8) is 0 Å². The smallest absolute Gasteiger partial charge is 0.331 e. The van der Waals surface area contributed by atoms with Gasteiger partial charge in [0.05, 0.1) is 20.3 Å². The highest BCUT2D eigenvalue weighted by Gasteiger charge is 2.07. The molecule has 0 saturated carbocycles. The quantitative estimate of drug-likeness (QED) is 0.837. The van der Waals surface area contributed by atoms with Gasteiger partial charge in [0.15, 0.2) is 11.5 Å². The molecular weight excluding hydrogens is 276 g/mol. The van der Waals surface area contributed by atoms with Crippen molar-refractivity contribution in [3.05, 3.63) is 50.7 Å². The van der Waals surface area contributed by atoms with E-state index in [4.69, 9.17) is 9.47 Å². The highest BCUT2D eigenvalue weighted by atomic mass is 16.5.